The van der Waals surface area contributed by atoms with E-state index in [1.54, 1.807) is 7.11 Å². The molecule has 106 valence electrons. The Morgan fingerprint density at radius 1 is 1.15 bits per heavy atom. The van der Waals surface area contributed by atoms with Crippen LogP contribution >= 0.6 is 0 Å². The molecule has 3 heteroatoms. The Morgan fingerprint density at radius 2 is 1.95 bits per heavy atom. The highest BCUT2D eigenvalue weighted by Crippen LogP contribution is 2.21. The summed E-state index contributed by atoms with van der Waals surface area (Å²) in [6.45, 7) is 2.60. The number of nitrogens with one attached hydrogen (secondary N) is 1. The van der Waals surface area contributed by atoms with Gasteiger partial charge in [-0.3, -0.25) is 0 Å². The fraction of sp³-hybridized carbons (Fsp3) is 0.294. The van der Waals surface area contributed by atoms with Crippen molar-refractivity contribution in [1.29, 1.82) is 0 Å². The molecule has 0 saturated heterocycles. The lowest BCUT2D eigenvalue weighted by Gasteiger charge is -2.16. The van der Waals surface area contributed by atoms with Gasteiger partial charge in [0.25, 0.3) is 0 Å². The molecular weight excluding hydrogens is 250 g/mol. The van der Waals surface area contributed by atoms with Gasteiger partial charge in [0.2, 0.25) is 0 Å². The van der Waals surface area contributed by atoms with Gasteiger partial charge >= 0.3 is 0 Å². The number of methoxy groups -OCH3 is 1. The molecule has 0 spiro atoms. The SMILES string of the molecule is CCc1ccccc1NCC(O)c1cccc(OC)c1. The monoisotopic (exact) mass is 271 g/mol. The van der Waals surface area contributed by atoms with Crippen molar-refractivity contribution in [1.82, 2.24) is 0 Å². The van der Waals surface area contributed by atoms with Gasteiger partial charge < -0.3 is 15.2 Å². The number of para-hydroxylation sites is 1. The third-order valence-corrected chi connectivity index (χ3v) is 3.36. The smallest absolute Gasteiger partial charge is 0.119 e. The number of aryl methyl sites for hydroxylation is 1. The third-order valence-electron chi connectivity index (χ3n) is 3.36. The minimum Gasteiger partial charge on any atom is -0.497 e. The Labute approximate surface area is 120 Å². The summed E-state index contributed by atoms with van der Waals surface area (Å²) < 4.78 is 5.17. The Balaban J connectivity index is 2.02. The van der Waals surface area contributed by atoms with Crippen LogP contribution in [0.1, 0.15) is 24.2 Å². The summed E-state index contributed by atoms with van der Waals surface area (Å²) in [6, 6.07) is 15.7. The Morgan fingerprint density at radius 3 is 2.70 bits per heavy atom. The fourth-order valence-electron chi connectivity index (χ4n) is 2.17. The summed E-state index contributed by atoms with van der Waals surface area (Å²) in [5.41, 5.74) is 3.19. The highest BCUT2D eigenvalue weighted by Gasteiger charge is 2.09. The molecule has 0 heterocycles. The molecule has 2 aromatic rings. The van der Waals surface area contributed by atoms with Crippen LogP contribution < -0.4 is 10.1 Å². The van der Waals surface area contributed by atoms with Crippen LogP contribution in [-0.2, 0) is 6.42 Å². The molecule has 2 N–H and O–H groups in total. The van der Waals surface area contributed by atoms with Crippen LogP contribution in [0.25, 0.3) is 0 Å². The lowest BCUT2D eigenvalue weighted by molar-refractivity contribution is 0.191. The van der Waals surface area contributed by atoms with E-state index in [-0.39, 0.29) is 0 Å². The number of hydrogen-bond donors (Lipinski definition) is 2. The zero-order valence-corrected chi connectivity index (χ0v) is 12.0. The van der Waals surface area contributed by atoms with Crippen LogP contribution in [0.15, 0.2) is 48.5 Å². The van der Waals surface area contributed by atoms with Gasteiger partial charge in [0, 0.05) is 12.2 Å². The molecule has 0 aliphatic rings. The zero-order chi connectivity index (χ0) is 14.4. The largest absolute Gasteiger partial charge is 0.497 e. The molecule has 2 rings (SSSR count). The van der Waals surface area contributed by atoms with Crippen LogP contribution in [0.5, 0.6) is 5.75 Å². The second-order valence-electron chi connectivity index (χ2n) is 4.68. The van der Waals surface area contributed by atoms with Crippen molar-refractivity contribution in [2.75, 3.05) is 19.0 Å². The standard InChI is InChI=1S/C17H21NO2/c1-3-13-7-4-5-10-16(13)18-12-17(19)14-8-6-9-15(11-14)20-2/h4-11,17-19H,3,12H2,1-2H3. The molecule has 0 saturated carbocycles. The molecule has 0 aromatic heterocycles. The number of anilines is 1. The molecule has 3 nitrogen and oxygen atoms in total. The number of rotatable bonds is 6. The van der Waals surface area contributed by atoms with Crippen LogP contribution in [0.3, 0.4) is 0 Å². The average Bonchev–Trinajstić information content (AvgIpc) is 2.52. The summed E-state index contributed by atoms with van der Waals surface area (Å²) >= 11 is 0. The lowest BCUT2D eigenvalue weighted by Crippen LogP contribution is -2.13. The first-order chi connectivity index (χ1) is 9.74. The van der Waals surface area contributed by atoms with E-state index < -0.39 is 6.10 Å². The van der Waals surface area contributed by atoms with E-state index in [1.807, 2.05) is 42.5 Å². The van der Waals surface area contributed by atoms with Crippen LogP contribution in [0.4, 0.5) is 5.69 Å². The van der Waals surface area contributed by atoms with E-state index >= 15 is 0 Å². The predicted molar refractivity (Wildman–Crippen MR) is 82.3 cm³/mol. The van der Waals surface area contributed by atoms with Gasteiger partial charge in [-0.1, -0.05) is 37.3 Å². The van der Waals surface area contributed by atoms with Crippen molar-refractivity contribution in [3.63, 3.8) is 0 Å². The van der Waals surface area contributed by atoms with Crippen molar-refractivity contribution < 1.29 is 9.84 Å². The quantitative estimate of drug-likeness (QED) is 0.846. The molecule has 0 fully saturated rings. The number of aliphatic hydroxyl groups is 1. The van der Waals surface area contributed by atoms with E-state index in [4.69, 9.17) is 4.74 Å². The van der Waals surface area contributed by atoms with Gasteiger partial charge in [0.1, 0.15) is 5.75 Å². The molecule has 0 aliphatic heterocycles. The molecular formula is C17H21NO2. The summed E-state index contributed by atoms with van der Waals surface area (Å²) in [7, 11) is 1.63. The molecule has 20 heavy (non-hydrogen) atoms. The van der Waals surface area contributed by atoms with Crippen molar-refractivity contribution in [2.45, 2.75) is 19.4 Å². The molecule has 0 bridgehead atoms. The van der Waals surface area contributed by atoms with E-state index in [0.717, 1.165) is 23.4 Å². The fourth-order valence-corrected chi connectivity index (χ4v) is 2.17. The maximum absolute atomic E-state index is 10.2. The number of ether oxygens (including phenoxy) is 1. The van der Waals surface area contributed by atoms with Crippen molar-refractivity contribution in [3.8, 4) is 5.75 Å². The Hall–Kier alpha value is -2.00. The van der Waals surface area contributed by atoms with Gasteiger partial charge in [-0.2, -0.15) is 0 Å². The van der Waals surface area contributed by atoms with Crippen molar-refractivity contribution in [2.24, 2.45) is 0 Å². The van der Waals surface area contributed by atoms with E-state index in [9.17, 15) is 5.11 Å². The van der Waals surface area contributed by atoms with Crippen LogP contribution in [0, 0.1) is 0 Å². The molecule has 0 aliphatic carbocycles. The normalized spacial score (nSPS) is 11.9. The Bertz CT molecular complexity index is 554. The molecule has 1 unspecified atom stereocenters. The summed E-state index contributed by atoms with van der Waals surface area (Å²) in [5, 5.41) is 13.6. The van der Waals surface area contributed by atoms with Gasteiger partial charge in [-0.15, -0.1) is 0 Å². The van der Waals surface area contributed by atoms with Crippen molar-refractivity contribution >= 4 is 5.69 Å². The first kappa shape index (κ1) is 14.4. The molecule has 0 amide bonds. The first-order valence-corrected chi connectivity index (χ1v) is 6.88. The minimum absolute atomic E-state index is 0.476. The average molecular weight is 271 g/mol. The van der Waals surface area contributed by atoms with Gasteiger partial charge in [0.15, 0.2) is 0 Å². The zero-order valence-electron chi connectivity index (χ0n) is 12.0. The highest BCUT2D eigenvalue weighted by atomic mass is 16.5. The molecule has 1 atom stereocenters. The minimum atomic E-state index is -0.560. The number of hydrogen-bond acceptors (Lipinski definition) is 3. The summed E-state index contributed by atoms with van der Waals surface area (Å²) in [4.78, 5) is 0. The van der Waals surface area contributed by atoms with Gasteiger partial charge in [0.05, 0.1) is 13.2 Å². The molecule has 2 aromatic carbocycles. The van der Waals surface area contributed by atoms with E-state index in [0.29, 0.717) is 6.54 Å². The predicted octanol–water partition coefficient (Wildman–Crippen LogP) is 3.40. The first-order valence-electron chi connectivity index (χ1n) is 6.88. The maximum atomic E-state index is 10.2. The van der Waals surface area contributed by atoms with Crippen molar-refractivity contribution in [3.05, 3.63) is 59.7 Å². The third kappa shape index (κ3) is 3.52. The molecule has 0 radical (unpaired) electrons. The highest BCUT2D eigenvalue weighted by molar-refractivity contribution is 5.51. The van der Waals surface area contributed by atoms with E-state index in [1.165, 1.54) is 5.56 Å². The van der Waals surface area contributed by atoms with E-state index in [2.05, 4.69) is 18.3 Å². The summed E-state index contributed by atoms with van der Waals surface area (Å²) in [5.74, 6) is 0.760. The topological polar surface area (TPSA) is 41.5 Å². The second-order valence-corrected chi connectivity index (χ2v) is 4.68. The van der Waals surface area contributed by atoms with Crippen LogP contribution in [-0.4, -0.2) is 18.8 Å². The second kappa shape index (κ2) is 6.96. The number of aliphatic hydroxyl groups excluding tert-OH is 1. The van der Waals surface area contributed by atoms with Gasteiger partial charge in [-0.05, 0) is 35.7 Å². The van der Waals surface area contributed by atoms with Gasteiger partial charge in [-0.25, -0.2) is 0 Å². The maximum Gasteiger partial charge on any atom is 0.119 e. The number of benzene rings is 2. The lowest BCUT2D eigenvalue weighted by atomic mass is 10.1. The Kier molecular flexibility index (Phi) is 5.02. The summed E-state index contributed by atoms with van der Waals surface area (Å²) in [6.07, 6.45) is 0.410. The van der Waals surface area contributed by atoms with Crippen LogP contribution in [0.2, 0.25) is 0 Å².